The largest absolute Gasteiger partial charge is 0.345 e. The van der Waals surface area contributed by atoms with E-state index >= 15 is 0 Å². The van der Waals surface area contributed by atoms with Crippen LogP contribution in [0.25, 0.3) is 0 Å². The third-order valence-corrected chi connectivity index (χ3v) is 2.79. The number of rotatable bonds is 3. The van der Waals surface area contributed by atoms with E-state index in [9.17, 15) is 4.79 Å². The number of piperidine rings is 1. The molecule has 2 aliphatic heterocycles. The van der Waals surface area contributed by atoms with Gasteiger partial charge in [-0.15, -0.1) is 0 Å². The summed E-state index contributed by atoms with van der Waals surface area (Å²) in [7, 11) is 0. The van der Waals surface area contributed by atoms with Gasteiger partial charge in [-0.3, -0.25) is 0 Å². The molecule has 0 N–H and O–H groups in total. The Hall–Kier alpha value is -0.110. The maximum atomic E-state index is 11.5. The zero-order chi connectivity index (χ0) is 9.26. The molecule has 2 heterocycles. The number of hydrogen-bond acceptors (Lipinski definition) is 5. The minimum atomic E-state index is -0.0691. The number of fused-ring (bicyclic) bond motifs is 2. The standard InChI is InChI=1S/C6H10N2O3S2/c9-6-7-3-1-2-5(4-7)8(6)10-13-11-12/h5,12H,1-4H2. The van der Waals surface area contributed by atoms with E-state index in [0.29, 0.717) is 12.3 Å². The predicted octanol–water partition coefficient (Wildman–Crippen LogP) is 1.24. The molecule has 13 heavy (non-hydrogen) atoms. The van der Waals surface area contributed by atoms with Crippen molar-refractivity contribution in [2.75, 3.05) is 13.1 Å². The summed E-state index contributed by atoms with van der Waals surface area (Å²) < 4.78 is 9.42. The monoisotopic (exact) mass is 222 g/mol. The van der Waals surface area contributed by atoms with Crippen LogP contribution in [0.5, 0.6) is 0 Å². The summed E-state index contributed by atoms with van der Waals surface area (Å²) in [6.45, 7) is 1.60. The van der Waals surface area contributed by atoms with Gasteiger partial charge in [0, 0.05) is 13.1 Å². The average Bonchev–Trinajstić information content (AvgIpc) is 2.37. The van der Waals surface area contributed by atoms with Gasteiger partial charge in [-0.05, 0) is 25.8 Å². The molecular formula is C6H10N2O3S2. The summed E-state index contributed by atoms with van der Waals surface area (Å²) in [5.41, 5.74) is 0. The first-order valence-electron chi connectivity index (χ1n) is 4.06. The lowest BCUT2D eigenvalue weighted by molar-refractivity contribution is -0.0120. The molecule has 0 saturated carbocycles. The third-order valence-electron chi connectivity index (χ3n) is 2.33. The highest BCUT2D eigenvalue weighted by molar-refractivity contribution is 7.98. The van der Waals surface area contributed by atoms with Gasteiger partial charge in [0.25, 0.3) is 0 Å². The average molecular weight is 222 g/mol. The van der Waals surface area contributed by atoms with E-state index < -0.39 is 0 Å². The van der Waals surface area contributed by atoms with Crippen molar-refractivity contribution in [3.8, 4) is 0 Å². The fraction of sp³-hybridized carbons (Fsp3) is 0.833. The van der Waals surface area contributed by atoms with Crippen LogP contribution in [-0.2, 0) is 7.91 Å². The molecule has 2 saturated heterocycles. The van der Waals surface area contributed by atoms with Gasteiger partial charge in [0.15, 0.2) is 12.3 Å². The minimum Gasteiger partial charge on any atom is -0.321 e. The van der Waals surface area contributed by atoms with E-state index in [1.807, 2.05) is 0 Å². The molecule has 0 aliphatic carbocycles. The molecule has 2 aliphatic rings. The lowest BCUT2D eigenvalue weighted by atomic mass is 10.1. The van der Waals surface area contributed by atoms with Crippen LogP contribution in [0.15, 0.2) is 0 Å². The molecule has 2 bridgehead atoms. The Kier molecular flexibility index (Phi) is 2.87. The maximum Gasteiger partial charge on any atom is 0.345 e. The highest BCUT2D eigenvalue weighted by Crippen LogP contribution is 2.28. The number of thiol groups is 1. The van der Waals surface area contributed by atoms with E-state index in [-0.39, 0.29) is 12.1 Å². The summed E-state index contributed by atoms with van der Waals surface area (Å²) in [4.78, 5) is 13.3. The number of carbonyl (C=O) groups excluding carboxylic acids is 1. The van der Waals surface area contributed by atoms with Crippen molar-refractivity contribution in [3.63, 3.8) is 0 Å². The molecule has 2 fully saturated rings. The molecule has 5 nitrogen and oxygen atoms in total. The van der Waals surface area contributed by atoms with Crippen LogP contribution in [0, 0.1) is 0 Å². The second-order valence-electron chi connectivity index (χ2n) is 3.07. The highest BCUT2D eigenvalue weighted by Gasteiger charge is 2.41. The Morgan fingerprint density at radius 1 is 1.62 bits per heavy atom. The summed E-state index contributed by atoms with van der Waals surface area (Å²) in [6, 6.07) is 0.109. The van der Waals surface area contributed by atoms with Crippen molar-refractivity contribution in [3.05, 3.63) is 0 Å². The van der Waals surface area contributed by atoms with Crippen molar-refractivity contribution in [1.82, 2.24) is 9.96 Å². The van der Waals surface area contributed by atoms with Crippen LogP contribution in [0.4, 0.5) is 4.79 Å². The van der Waals surface area contributed by atoms with Gasteiger partial charge in [-0.2, -0.15) is 9.35 Å². The second kappa shape index (κ2) is 3.95. The van der Waals surface area contributed by atoms with Crippen molar-refractivity contribution < 1.29 is 12.7 Å². The van der Waals surface area contributed by atoms with E-state index in [0.717, 1.165) is 25.9 Å². The molecule has 2 amide bonds. The van der Waals surface area contributed by atoms with Gasteiger partial charge in [0.2, 0.25) is 0 Å². The van der Waals surface area contributed by atoms with Gasteiger partial charge < -0.3 is 4.90 Å². The second-order valence-corrected chi connectivity index (χ2v) is 3.95. The lowest BCUT2D eigenvalue weighted by Crippen LogP contribution is -2.31. The molecule has 0 aromatic carbocycles. The van der Waals surface area contributed by atoms with Crippen LogP contribution in [0.1, 0.15) is 12.8 Å². The quantitative estimate of drug-likeness (QED) is 0.576. The van der Waals surface area contributed by atoms with Crippen LogP contribution in [0.3, 0.4) is 0 Å². The smallest absolute Gasteiger partial charge is 0.321 e. The van der Waals surface area contributed by atoms with Crippen molar-refractivity contribution in [2.45, 2.75) is 18.9 Å². The number of nitrogens with zero attached hydrogens (tertiary/aromatic N) is 2. The number of urea groups is 1. The van der Waals surface area contributed by atoms with Crippen molar-refractivity contribution in [1.29, 1.82) is 0 Å². The molecule has 2 rings (SSSR count). The summed E-state index contributed by atoms with van der Waals surface area (Å²) in [5, 5.41) is 1.37. The Bertz CT molecular complexity index is 216. The molecule has 0 aromatic heterocycles. The summed E-state index contributed by atoms with van der Waals surface area (Å²) in [6.07, 6.45) is 2.04. The molecule has 0 spiro atoms. The fourth-order valence-corrected chi connectivity index (χ4v) is 2.11. The minimum absolute atomic E-state index is 0.0691. The predicted molar refractivity (Wildman–Crippen MR) is 50.6 cm³/mol. The van der Waals surface area contributed by atoms with Crippen LogP contribution >= 0.6 is 25.2 Å². The lowest BCUT2D eigenvalue weighted by Gasteiger charge is -2.20. The third kappa shape index (κ3) is 1.74. The molecule has 1 unspecified atom stereocenters. The summed E-state index contributed by atoms with van der Waals surface area (Å²) >= 11 is 4.21. The van der Waals surface area contributed by atoms with E-state index in [1.54, 1.807) is 4.90 Å². The van der Waals surface area contributed by atoms with Crippen LogP contribution in [-0.4, -0.2) is 35.1 Å². The molecule has 0 radical (unpaired) electrons. The molecule has 7 heteroatoms. The molecule has 74 valence electrons. The number of carbonyl (C=O) groups is 1. The first kappa shape index (κ1) is 9.45. The van der Waals surface area contributed by atoms with Gasteiger partial charge in [0.1, 0.15) is 0 Å². The number of hydrogen-bond donors (Lipinski definition) is 1. The maximum absolute atomic E-state index is 11.5. The van der Waals surface area contributed by atoms with Crippen LogP contribution in [0.2, 0.25) is 0 Å². The molecular weight excluding hydrogens is 212 g/mol. The van der Waals surface area contributed by atoms with Gasteiger partial charge in [-0.25, -0.2) is 8.42 Å². The molecule has 0 aromatic rings. The number of hydroxylamine groups is 2. The topological polar surface area (TPSA) is 42.0 Å². The van der Waals surface area contributed by atoms with Crippen molar-refractivity contribution in [2.24, 2.45) is 0 Å². The van der Waals surface area contributed by atoms with Gasteiger partial charge in [0.05, 0.1) is 6.04 Å². The van der Waals surface area contributed by atoms with Crippen LogP contribution < -0.4 is 0 Å². The number of amides is 2. The van der Waals surface area contributed by atoms with E-state index in [4.69, 9.17) is 4.28 Å². The first-order chi connectivity index (χ1) is 6.33. The zero-order valence-electron chi connectivity index (χ0n) is 6.88. The normalized spacial score (nSPS) is 27.2. The van der Waals surface area contributed by atoms with Gasteiger partial charge in [-0.1, -0.05) is 0 Å². The zero-order valence-corrected chi connectivity index (χ0v) is 8.59. The summed E-state index contributed by atoms with van der Waals surface area (Å²) in [5.74, 6) is 0. The van der Waals surface area contributed by atoms with Gasteiger partial charge >= 0.3 is 6.03 Å². The SMILES string of the molecule is O=C1N2CCCC(C2)N1OSOS. The van der Waals surface area contributed by atoms with E-state index in [2.05, 4.69) is 16.5 Å². The Morgan fingerprint density at radius 2 is 2.46 bits per heavy atom. The Balaban J connectivity index is 1.98. The van der Waals surface area contributed by atoms with Crippen molar-refractivity contribution >= 4 is 31.3 Å². The molecule has 1 atom stereocenters. The highest BCUT2D eigenvalue weighted by atomic mass is 32.2. The Morgan fingerprint density at radius 3 is 3.15 bits per heavy atom. The van der Waals surface area contributed by atoms with E-state index in [1.165, 1.54) is 5.06 Å². The fourth-order valence-electron chi connectivity index (χ4n) is 1.75. The Labute approximate surface area is 86.3 Å². The first-order valence-corrected chi connectivity index (χ1v) is 5.09.